The van der Waals surface area contributed by atoms with Gasteiger partial charge in [-0.25, -0.2) is 9.67 Å². The molecule has 1 N–H and O–H groups in total. The minimum atomic E-state index is -0.406. The molecule has 0 unspecified atom stereocenters. The lowest BCUT2D eigenvalue weighted by Gasteiger charge is -2.26. The van der Waals surface area contributed by atoms with Crippen LogP contribution in [0.5, 0.6) is 0 Å². The van der Waals surface area contributed by atoms with Crippen LogP contribution < -0.4 is 5.32 Å². The maximum absolute atomic E-state index is 12.2. The number of carbonyl (C=O) groups excluding carboxylic acids is 1. The molecule has 2 aromatic rings. The van der Waals surface area contributed by atoms with E-state index in [1.165, 1.54) is 17.3 Å². The van der Waals surface area contributed by atoms with Crippen LogP contribution in [-0.4, -0.2) is 46.2 Å². The van der Waals surface area contributed by atoms with Gasteiger partial charge in [-0.05, 0) is 32.6 Å². The Kier molecular flexibility index (Phi) is 5.51. The second-order valence-corrected chi connectivity index (χ2v) is 5.70. The molecule has 6 nitrogen and oxygen atoms in total. The van der Waals surface area contributed by atoms with Gasteiger partial charge < -0.3 is 10.2 Å². The Morgan fingerprint density at radius 3 is 2.73 bits per heavy atom. The molecule has 2 atom stereocenters. The number of aromatic nitrogens is 3. The molecule has 0 radical (unpaired) electrons. The van der Waals surface area contributed by atoms with Crippen LogP contribution in [0.1, 0.15) is 24.6 Å². The van der Waals surface area contributed by atoms with Crippen LogP contribution in [0.3, 0.4) is 0 Å². The summed E-state index contributed by atoms with van der Waals surface area (Å²) in [5.41, 5.74) is 0.989. The molecule has 0 aliphatic carbocycles. The third-order valence-corrected chi connectivity index (χ3v) is 3.91. The van der Waals surface area contributed by atoms with Crippen molar-refractivity contribution >= 4 is 17.5 Å². The van der Waals surface area contributed by atoms with Gasteiger partial charge in [0.05, 0.1) is 6.04 Å². The minimum absolute atomic E-state index is 0.000552. The number of hydrogen-bond donors (Lipinski definition) is 1. The van der Waals surface area contributed by atoms with Crippen molar-refractivity contribution in [2.45, 2.75) is 19.0 Å². The van der Waals surface area contributed by atoms with Crippen LogP contribution in [0.4, 0.5) is 0 Å². The lowest BCUT2D eigenvalue weighted by molar-refractivity contribution is -0.124. The second-order valence-electron chi connectivity index (χ2n) is 5.30. The first-order valence-corrected chi connectivity index (χ1v) is 7.41. The number of rotatable bonds is 6. The molecule has 0 fully saturated rings. The van der Waals surface area contributed by atoms with Crippen molar-refractivity contribution in [1.29, 1.82) is 0 Å². The minimum Gasteiger partial charge on any atom is -0.352 e. The fraction of sp³-hybridized carbons (Fsp3) is 0.400. The van der Waals surface area contributed by atoms with Gasteiger partial charge in [-0.3, -0.25) is 4.79 Å². The topological polar surface area (TPSA) is 63.1 Å². The van der Waals surface area contributed by atoms with Crippen molar-refractivity contribution in [1.82, 2.24) is 25.0 Å². The Labute approximate surface area is 135 Å². The summed E-state index contributed by atoms with van der Waals surface area (Å²) in [5, 5.41) is 7.63. The van der Waals surface area contributed by atoms with Crippen molar-refractivity contribution in [2.75, 3.05) is 20.6 Å². The van der Waals surface area contributed by atoms with E-state index in [0.717, 1.165) is 5.56 Å². The van der Waals surface area contributed by atoms with Gasteiger partial charge in [0, 0.05) is 11.6 Å². The molecular formula is C15H20ClN5O. The molecule has 2 rings (SSSR count). The molecule has 0 spiro atoms. The smallest absolute Gasteiger partial charge is 0.244 e. The molecular weight excluding hydrogens is 302 g/mol. The standard InChI is InChI=1S/C15H20ClN5O/c1-11(21-10-17-9-19-21)15(22)18-8-14(20(2)3)12-6-4-5-7-13(12)16/h4-7,9-11,14H,8H2,1-3H3,(H,18,22)/t11-,14-/m0/s1. The maximum Gasteiger partial charge on any atom is 0.244 e. The summed E-state index contributed by atoms with van der Waals surface area (Å²) in [4.78, 5) is 18.1. The highest BCUT2D eigenvalue weighted by Crippen LogP contribution is 2.25. The lowest BCUT2D eigenvalue weighted by Crippen LogP contribution is -2.38. The van der Waals surface area contributed by atoms with E-state index in [0.29, 0.717) is 11.6 Å². The predicted octanol–water partition coefficient (Wildman–Crippen LogP) is 1.91. The quantitative estimate of drug-likeness (QED) is 0.883. The van der Waals surface area contributed by atoms with Gasteiger partial charge in [0.2, 0.25) is 5.91 Å². The van der Waals surface area contributed by atoms with Crippen LogP contribution in [-0.2, 0) is 4.79 Å². The predicted molar refractivity (Wildman–Crippen MR) is 85.6 cm³/mol. The molecule has 0 aliphatic heterocycles. The molecule has 0 saturated carbocycles. The van der Waals surface area contributed by atoms with E-state index >= 15 is 0 Å². The molecule has 1 aromatic heterocycles. The summed E-state index contributed by atoms with van der Waals surface area (Å²) < 4.78 is 1.52. The summed E-state index contributed by atoms with van der Waals surface area (Å²) in [6.07, 6.45) is 2.94. The van der Waals surface area contributed by atoms with Crippen molar-refractivity contribution in [2.24, 2.45) is 0 Å². The monoisotopic (exact) mass is 321 g/mol. The van der Waals surface area contributed by atoms with E-state index < -0.39 is 6.04 Å². The average Bonchev–Trinajstić information content (AvgIpc) is 3.02. The number of nitrogens with one attached hydrogen (secondary N) is 1. The van der Waals surface area contributed by atoms with E-state index in [-0.39, 0.29) is 11.9 Å². The largest absolute Gasteiger partial charge is 0.352 e. The zero-order valence-corrected chi connectivity index (χ0v) is 13.7. The number of likely N-dealkylation sites (N-methyl/N-ethyl adjacent to an activating group) is 1. The Balaban J connectivity index is 2.04. The van der Waals surface area contributed by atoms with Crippen LogP contribution in [0.15, 0.2) is 36.9 Å². The van der Waals surface area contributed by atoms with Gasteiger partial charge in [0.25, 0.3) is 0 Å². The second kappa shape index (κ2) is 7.38. The SMILES string of the molecule is C[C@@H](C(=O)NC[C@@H](c1ccccc1Cl)N(C)C)n1cncn1. The Hall–Kier alpha value is -1.92. The molecule has 0 bridgehead atoms. The van der Waals surface area contributed by atoms with E-state index in [1.54, 1.807) is 6.92 Å². The zero-order valence-electron chi connectivity index (χ0n) is 12.9. The normalized spacial score (nSPS) is 13.9. The summed E-state index contributed by atoms with van der Waals surface area (Å²) >= 11 is 6.26. The third-order valence-electron chi connectivity index (χ3n) is 3.57. The summed E-state index contributed by atoms with van der Waals surface area (Å²) in [6, 6.07) is 7.26. The number of halogens is 1. The molecule has 1 aromatic carbocycles. The molecule has 0 saturated heterocycles. The molecule has 0 aliphatic rings. The third kappa shape index (κ3) is 3.84. The maximum atomic E-state index is 12.2. The first kappa shape index (κ1) is 16.5. The highest BCUT2D eigenvalue weighted by molar-refractivity contribution is 6.31. The van der Waals surface area contributed by atoms with Gasteiger partial charge in [-0.1, -0.05) is 29.8 Å². The van der Waals surface area contributed by atoms with Crippen LogP contribution in [0.25, 0.3) is 0 Å². The lowest BCUT2D eigenvalue weighted by atomic mass is 10.1. The Morgan fingerprint density at radius 1 is 1.41 bits per heavy atom. The van der Waals surface area contributed by atoms with Crippen molar-refractivity contribution < 1.29 is 4.79 Å². The molecule has 7 heteroatoms. The molecule has 1 heterocycles. The fourth-order valence-electron chi connectivity index (χ4n) is 2.20. The van der Waals surface area contributed by atoms with Gasteiger partial charge in [0.15, 0.2) is 0 Å². The van der Waals surface area contributed by atoms with Crippen LogP contribution in [0, 0.1) is 0 Å². The first-order valence-electron chi connectivity index (χ1n) is 7.03. The first-order chi connectivity index (χ1) is 10.5. The van der Waals surface area contributed by atoms with Crippen LogP contribution >= 0.6 is 11.6 Å². The number of amides is 1. The van der Waals surface area contributed by atoms with Gasteiger partial charge in [-0.2, -0.15) is 5.10 Å². The van der Waals surface area contributed by atoms with Gasteiger partial charge in [0.1, 0.15) is 18.7 Å². The summed E-state index contributed by atoms with van der Waals surface area (Å²) in [5.74, 6) is -0.107. The fourth-order valence-corrected chi connectivity index (χ4v) is 2.46. The molecule has 1 amide bonds. The Morgan fingerprint density at radius 2 is 2.14 bits per heavy atom. The molecule has 22 heavy (non-hydrogen) atoms. The highest BCUT2D eigenvalue weighted by atomic mass is 35.5. The highest BCUT2D eigenvalue weighted by Gasteiger charge is 2.20. The number of hydrogen-bond acceptors (Lipinski definition) is 4. The van der Waals surface area contributed by atoms with Gasteiger partial charge >= 0.3 is 0 Å². The number of nitrogens with zero attached hydrogens (tertiary/aromatic N) is 4. The van der Waals surface area contributed by atoms with Crippen molar-refractivity contribution in [3.05, 3.63) is 47.5 Å². The van der Waals surface area contributed by atoms with E-state index in [1.807, 2.05) is 43.3 Å². The van der Waals surface area contributed by atoms with E-state index in [4.69, 9.17) is 11.6 Å². The zero-order chi connectivity index (χ0) is 16.1. The van der Waals surface area contributed by atoms with Gasteiger partial charge in [-0.15, -0.1) is 0 Å². The summed E-state index contributed by atoms with van der Waals surface area (Å²) in [6.45, 7) is 2.25. The summed E-state index contributed by atoms with van der Waals surface area (Å²) in [7, 11) is 3.92. The van der Waals surface area contributed by atoms with Crippen molar-refractivity contribution in [3.63, 3.8) is 0 Å². The van der Waals surface area contributed by atoms with E-state index in [9.17, 15) is 4.79 Å². The Bertz CT molecular complexity index is 614. The molecule has 118 valence electrons. The van der Waals surface area contributed by atoms with Crippen molar-refractivity contribution in [3.8, 4) is 0 Å². The number of benzene rings is 1. The average molecular weight is 322 g/mol. The van der Waals surface area contributed by atoms with Crippen LogP contribution in [0.2, 0.25) is 5.02 Å². The van der Waals surface area contributed by atoms with E-state index in [2.05, 4.69) is 15.4 Å². The number of carbonyl (C=O) groups is 1.